The molecule has 1 atom stereocenters. The predicted molar refractivity (Wildman–Crippen MR) is 52.2 cm³/mol. The summed E-state index contributed by atoms with van der Waals surface area (Å²) in [6.07, 6.45) is 2.43. The number of likely N-dealkylation sites (tertiary alicyclic amines) is 1. The SMILES string of the molecule is CCCC(NN)C(=O)C(=O)N1CCC1. The van der Waals surface area contributed by atoms with Crippen molar-refractivity contribution in [3.8, 4) is 0 Å². The van der Waals surface area contributed by atoms with Crippen molar-refractivity contribution in [3.63, 3.8) is 0 Å². The fraction of sp³-hybridized carbons (Fsp3) is 0.778. The number of ketones is 1. The fourth-order valence-electron chi connectivity index (χ4n) is 1.40. The zero-order chi connectivity index (χ0) is 10.6. The van der Waals surface area contributed by atoms with Crippen LogP contribution in [-0.4, -0.2) is 35.7 Å². The van der Waals surface area contributed by atoms with Gasteiger partial charge in [0, 0.05) is 13.1 Å². The van der Waals surface area contributed by atoms with Crippen LogP contribution in [0.3, 0.4) is 0 Å². The second-order valence-electron chi connectivity index (χ2n) is 3.52. The summed E-state index contributed by atoms with van der Waals surface area (Å²) in [7, 11) is 0. The topological polar surface area (TPSA) is 75.4 Å². The van der Waals surface area contributed by atoms with Crippen LogP contribution in [-0.2, 0) is 9.59 Å². The van der Waals surface area contributed by atoms with Gasteiger partial charge in [0.05, 0.1) is 6.04 Å². The first kappa shape index (κ1) is 11.1. The average Bonchev–Trinajstić information content (AvgIpc) is 2.10. The van der Waals surface area contributed by atoms with E-state index < -0.39 is 17.7 Å². The molecule has 0 spiro atoms. The highest BCUT2D eigenvalue weighted by Gasteiger charge is 2.30. The molecule has 1 unspecified atom stereocenters. The highest BCUT2D eigenvalue weighted by atomic mass is 16.2. The quantitative estimate of drug-likeness (QED) is 0.353. The van der Waals surface area contributed by atoms with E-state index >= 15 is 0 Å². The van der Waals surface area contributed by atoms with Crippen LogP contribution in [0.4, 0.5) is 0 Å². The molecule has 1 rings (SSSR count). The normalized spacial score (nSPS) is 17.4. The van der Waals surface area contributed by atoms with E-state index in [1.165, 1.54) is 0 Å². The molecule has 1 aliphatic rings. The van der Waals surface area contributed by atoms with E-state index in [0.717, 1.165) is 12.8 Å². The molecule has 0 bridgehead atoms. The summed E-state index contributed by atoms with van der Waals surface area (Å²) < 4.78 is 0. The molecule has 1 amide bonds. The summed E-state index contributed by atoms with van der Waals surface area (Å²) in [6, 6.07) is -0.520. The number of nitrogens with two attached hydrogens (primary N) is 1. The standard InChI is InChI=1S/C9H17N3O2/c1-2-4-7(11-10)8(13)9(14)12-5-3-6-12/h7,11H,2-6,10H2,1H3. The molecule has 0 aromatic heterocycles. The van der Waals surface area contributed by atoms with Crippen LogP contribution in [0.15, 0.2) is 0 Å². The molecule has 1 fully saturated rings. The van der Waals surface area contributed by atoms with Crippen LogP contribution in [0.2, 0.25) is 0 Å². The number of nitrogens with one attached hydrogen (secondary N) is 1. The number of amides is 1. The van der Waals surface area contributed by atoms with Gasteiger partial charge in [0.25, 0.3) is 5.91 Å². The molecule has 3 N–H and O–H groups in total. The van der Waals surface area contributed by atoms with E-state index in [-0.39, 0.29) is 0 Å². The van der Waals surface area contributed by atoms with Gasteiger partial charge in [-0.05, 0) is 12.8 Å². The van der Waals surface area contributed by atoms with Crippen molar-refractivity contribution in [2.45, 2.75) is 32.2 Å². The van der Waals surface area contributed by atoms with E-state index in [1.807, 2.05) is 6.92 Å². The molecule has 80 valence electrons. The first-order chi connectivity index (χ1) is 6.70. The van der Waals surface area contributed by atoms with Gasteiger partial charge < -0.3 is 4.90 Å². The van der Waals surface area contributed by atoms with Crippen molar-refractivity contribution in [1.29, 1.82) is 0 Å². The summed E-state index contributed by atoms with van der Waals surface area (Å²) in [5.74, 6) is 4.41. The Hall–Kier alpha value is -0.940. The van der Waals surface area contributed by atoms with Crippen molar-refractivity contribution in [2.75, 3.05) is 13.1 Å². The number of hydrogen-bond donors (Lipinski definition) is 2. The number of carbonyl (C=O) groups is 2. The van der Waals surface area contributed by atoms with E-state index in [1.54, 1.807) is 4.90 Å². The van der Waals surface area contributed by atoms with Gasteiger partial charge in [-0.25, -0.2) is 5.43 Å². The van der Waals surface area contributed by atoms with Crippen molar-refractivity contribution in [1.82, 2.24) is 10.3 Å². The minimum atomic E-state index is -0.520. The maximum Gasteiger partial charge on any atom is 0.291 e. The van der Waals surface area contributed by atoms with Crippen molar-refractivity contribution >= 4 is 11.7 Å². The van der Waals surface area contributed by atoms with Gasteiger partial charge in [-0.2, -0.15) is 0 Å². The Labute approximate surface area is 83.6 Å². The molecule has 5 heteroatoms. The molecule has 14 heavy (non-hydrogen) atoms. The summed E-state index contributed by atoms with van der Waals surface area (Å²) in [6.45, 7) is 3.35. The molecule has 0 saturated carbocycles. The number of Topliss-reactive ketones (excluding diaryl/α,β-unsaturated/α-hetero) is 1. The van der Waals surface area contributed by atoms with Crippen molar-refractivity contribution in [2.24, 2.45) is 5.84 Å². The van der Waals surface area contributed by atoms with Gasteiger partial charge in [0.15, 0.2) is 0 Å². The van der Waals surface area contributed by atoms with Gasteiger partial charge in [-0.3, -0.25) is 15.4 Å². The van der Waals surface area contributed by atoms with Crippen LogP contribution in [0.25, 0.3) is 0 Å². The van der Waals surface area contributed by atoms with Crippen molar-refractivity contribution < 1.29 is 9.59 Å². The van der Waals surface area contributed by atoms with Gasteiger partial charge in [-0.15, -0.1) is 0 Å². The maximum atomic E-state index is 11.6. The zero-order valence-corrected chi connectivity index (χ0v) is 8.45. The maximum absolute atomic E-state index is 11.6. The van der Waals surface area contributed by atoms with E-state index in [2.05, 4.69) is 5.43 Å². The molecule has 1 aliphatic heterocycles. The Morgan fingerprint density at radius 1 is 1.50 bits per heavy atom. The molecule has 0 aliphatic carbocycles. The second kappa shape index (κ2) is 5.07. The summed E-state index contributed by atoms with van der Waals surface area (Å²) in [5.41, 5.74) is 2.39. The first-order valence-electron chi connectivity index (χ1n) is 5.00. The monoisotopic (exact) mass is 199 g/mol. The Morgan fingerprint density at radius 2 is 2.14 bits per heavy atom. The Balaban J connectivity index is 2.48. The van der Waals surface area contributed by atoms with Crippen molar-refractivity contribution in [3.05, 3.63) is 0 Å². The largest absolute Gasteiger partial charge is 0.336 e. The number of hydrazine groups is 1. The minimum absolute atomic E-state index is 0.396. The van der Waals surface area contributed by atoms with Crippen LogP contribution < -0.4 is 11.3 Å². The van der Waals surface area contributed by atoms with Gasteiger partial charge in [0.2, 0.25) is 5.78 Å². The number of rotatable bonds is 5. The Kier molecular flexibility index (Phi) is 4.03. The number of nitrogens with zero attached hydrogens (tertiary/aromatic N) is 1. The summed E-state index contributed by atoms with van der Waals surface area (Å²) >= 11 is 0. The fourth-order valence-corrected chi connectivity index (χ4v) is 1.40. The van der Waals surface area contributed by atoms with Crippen LogP contribution >= 0.6 is 0 Å². The average molecular weight is 199 g/mol. The molecular formula is C9H17N3O2. The highest BCUT2D eigenvalue weighted by Crippen LogP contribution is 2.08. The number of hydrogen-bond acceptors (Lipinski definition) is 4. The molecular weight excluding hydrogens is 182 g/mol. The van der Waals surface area contributed by atoms with Crippen LogP contribution in [0, 0.1) is 0 Å². The van der Waals surface area contributed by atoms with E-state index in [0.29, 0.717) is 19.5 Å². The Morgan fingerprint density at radius 3 is 2.50 bits per heavy atom. The van der Waals surface area contributed by atoms with Crippen LogP contribution in [0.5, 0.6) is 0 Å². The first-order valence-corrected chi connectivity index (χ1v) is 5.00. The van der Waals surface area contributed by atoms with Crippen LogP contribution in [0.1, 0.15) is 26.2 Å². The lowest BCUT2D eigenvalue weighted by atomic mass is 10.1. The molecule has 5 nitrogen and oxygen atoms in total. The second-order valence-corrected chi connectivity index (χ2v) is 3.52. The molecule has 0 radical (unpaired) electrons. The minimum Gasteiger partial charge on any atom is -0.336 e. The molecule has 1 heterocycles. The molecule has 0 aromatic carbocycles. The van der Waals surface area contributed by atoms with Gasteiger partial charge in [0.1, 0.15) is 0 Å². The number of carbonyl (C=O) groups excluding carboxylic acids is 2. The lowest BCUT2D eigenvalue weighted by Crippen LogP contribution is -2.52. The third-order valence-electron chi connectivity index (χ3n) is 2.45. The third-order valence-corrected chi connectivity index (χ3v) is 2.45. The smallest absolute Gasteiger partial charge is 0.291 e. The zero-order valence-electron chi connectivity index (χ0n) is 8.45. The van der Waals surface area contributed by atoms with E-state index in [9.17, 15) is 9.59 Å². The van der Waals surface area contributed by atoms with Gasteiger partial charge in [-0.1, -0.05) is 13.3 Å². The molecule has 0 aromatic rings. The summed E-state index contributed by atoms with van der Waals surface area (Å²) in [5, 5.41) is 0. The summed E-state index contributed by atoms with van der Waals surface area (Å²) in [4.78, 5) is 24.6. The lowest BCUT2D eigenvalue weighted by molar-refractivity contribution is -0.148. The van der Waals surface area contributed by atoms with Gasteiger partial charge >= 0.3 is 0 Å². The lowest BCUT2D eigenvalue weighted by Gasteiger charge is -2.31. The van der Waals surface area contributed by atoms with E-state index in [4.69, 9.17) is 5.84 Å². The predicted octanol–water partition coefficient (Wildman–Crippen LogP) is -0.580. The highest BCUT2D eigenvalue weighted by molar-refractivity contribution is 6.38. The molecule has 1 saturated heterocycles. The third kappa shape index (κ3) is 2.30. The Bertz CT molecular complexity index is 226.